The number of benzene rings is 1. The molecule has 0 bridgehead atoms. The lowest BCUT2D eigenvalue weighted by molar-refractivity contribution is -0.119. The summed E-state index contributed by atoms with van der Waals surface area (Å²) < 4.78 is 1.81. The van der Waals surface area contributed by atoms with Gasteiger partial charge in [-0.25, -0.2) is 0 Å². The van der Waals surface area contributed by atoms with Crippen LogP contribution in [0.3, 0.4) is 0 Å². The van der Waals surface area contributed by atoms with E-state index in [1.54, 1.807) is 15.8 Å². The van der Waals surface area contributed by atoms with Crippen molar-refractivity contribution in [2.24, 2.45) is 5.73 Å². The smallest absolute Gasteiger partial charge is 0.248 e. The molecule has 2 N–H and O–H groups in total. The summed E-state index contributed by atoms with van der Waals surface area (Å²) in [7, 11) is 0. The maximum Gasteiger partial charge on any atom is 0.248 e. The zero-order valence-electron chi connectivity index (χ0n) is 9.86. The van der Waals surface area contributed by atoms with Crippen LogP contribution in [-0.2, 0) is 11.3 Å². The number of aromatic nitrogens is 2. The Morgan fingerprint density at radius 1 is 1.22 bits per heavy atom. The molecule has 5 nitrogen and oxygen atoms in total. The Morgan fingerprint density at radius 2 is 2.06 bits per heavy atom. The maximum absolute atomic E-state index is 12.1. The van der Waals surface area contributed by atoms with Crippen LogP contribution in [0, 0.1) is 0 Å². The third kappa shape index (κ3) is 1.69. The fourth-order valence-corrected chi connectivity index (χ4v) is 2.28. The summed E-state index contributed by atoms with van der Waals surface area (Å²) in [6, 6.07) is 9.01. The Hall–Kier alpha value is -2.14. The predicted molar refractivity (Wildman–Crippen MR) is 68.0 cm³/mol. The van der Waals surface area contributed by atoms with E-state index >= 15 is 0 Å². The molecule has 92 valence electrons. The highest BCUT2D eigenvalue weighted by Gasteiger charge is 2.33. The first-order valence-electron chi connectivity index (χ1n) is 5.90. The fraction of sp³-hybridized carbons (Fsp3) is 0.231. The molecular formula is C13H14N4O. The predicted octanol–water partition coefficient (Wildman–Crippen LogP) is 0.930. The molecule has 1 amide bonds. The van der Waals surface area contributed by atoms with Crippen LogP contribution < -0.4 is 10.6 Å². The summed E-state index contributed by atoms with van der Waals surface area (Å²) in [6.45, 7) is 1.25. The minimum Gasteiger partial charge on any atom is -0.316 e. The summed E-state index contributed by atoms with van der Waals surface area (Å²) in [5, 5.41) is 4.12. The first kappa shape index (κ1) is 11.0. The lowest BCUT2D eigenvalue weighted by Gasteiger charge is -2.17. The average molecular weight is 242 g/mol. The molecule has 18 heavy (non-hydrogen) atoms. The molecule has 1 aromatic carbocycles. The van der Waals surface area contributed by atoms with Gasteiger partial charge in [-0.3, -0.25) is 9.48 Å². The minimum absolute atomic E-state index is 0.0386. The quantitative estimate of drug-likeness (QED) is 0.870. The first-order valence-corrected chi connectivity index (χ1v) is 5.90. The van der Waals surface area contributed by atoms with Crippen molar-refractivity contribution in [2.75, 3.05) is 11.4 Å². The summed E-state index contributed by atoms with van der Waals surface area (Å²) in [4.78, 5) is 13.8. The highest BCUT2D eigenvalue weighted by molar-refractivity contribution is 6.04. The van der Waals surface area contributed by atoms with Gasteiger partial charge in [0.25, 0.3) is 0 Å². The van der Waals surface area contributed by atoms with Gasteiger partial charge in [-0.15, -0.1) is 0 Å². The van der Waals surface area contributed by atoms with E-state index < -0.39 is 6.04 Å². The van der Waals surface area contributed by atoms with Gasteiger partial charge in [-0.1, -0.05) is 18.2 Å². The van der Waals surface area contributed by atoms with Gasteiger partial charge in [0.2, 0.25) is 5.91 Å². The molecule has 1 atom stereocenters. The second-order valence-electron chi connectivity index (χ2n) is 4.30. The van der Waals surface area contributed by atoms with Gasteiger partial charge in [0, 0.05) is 30.2 Å². The zero-order valence-corrected chi connectivity index (χ0v) is 9.86. The van der Waals surface area contributed by atoms with Crippen LogP contribution in [0.25, 0.3) is 0 Å². The molecular weight excluding hydrogens is 228 g/mol. The molecule has 0 saturated heterocycles. The van der Waals surface area contributed by atoms with E-state index in [2.05, 4.69) is 5.10 Å². The number of hydrogen-bond acceptors (Lipinski definition) is 3. The van der Waals surface area contributed by atoms with Crippen molar-refractivity contribution in [3.05, 3.63) is 48.3 Å². The molecule has 1 unspecified atom stereocenters. The van der Waals surface area contributed by atoms with Gasteiger partial charge < -0.3 is 10.6 Å². The third-order valence-electron chi connectivity index (χ3n) is 3.21. The first-order chi connectivity index (χ1) is 8.77. The van der Waals surface area contributed by atoms with E-state index in [-0.39, 0.29) is 5.91 Å². The molecule has 0 spiro atoms. The van der Waals surface area contributed by atoms with E-state index in [0.29, 0.717) is 13.1 Å². The van der Waals surface area contributed by atoms with Gasteiger partial charge in [0.05, 0.1) is 6.54 Å². The van der Waals surface area contributed by atoms with Crippen molar-refractivity contribution >= 4 is 11.6 Å². The SMILES string of the molecule is NC1C(=O)N(CCn2cccn2)c2ccccc21. The molecule has 0 saturated carbocycles. The zero-order chi connectivity index (χ0) is 12.5. The largest absolute Gasteiger partial charge is 0.316 e. The number of para-hydroxylation sites is 1. The number of anilines is 1. The van der Waals surface area contributed by atoms with Crippen molar-refractivity contribution in [1.29, 1.82) is 0 Å². The van der Waals surface area contributed by atoms with E-state index in [1.165, 1.54) is 0 Å². The lowest BCUT2D eigenvalue weighted by atomic mass is 10.1. The molecule has 5 heteroatoms. The van der Waals surface area contributed by atoms with Crippen LogP contribution >= 0.6 is 0 Å². The van der Waals surface area contributed by atoms with E-state index in [9.17, 15) is 4.79 Å². The normalized spacial score (nSPS) is 18.2. The van der Waals surface area contributed by atoms with Crippen molar-refractivity contribution in [2.45, 2.75) is 12.6 Å². The van der Waals surface area contributed by atoms with Gasteiger partial charge in [-0.2, -0.15) is 5.10 Å². The van der Waals surface area contributed by atoms with Gasteiger partial charge in [0.1, 0.15) is 6.04 Å². The summed E-state index contributed by atoms with van der Waals surface area (Å²) in [6.07, 6.45) is 3.61. The molecule has 1 aromatic heterocycles. The number of hydrogen-bond donors (Lipinski definition) is 1. The number of fused-ring (bicyclic) bond motifs is 1. The molecule has 2 heterocycles. The van der Waals surface area contributed by atoms with Crippen molar-refractivity contribution in [3.63, 3.8) is 0 Å². The Labute approximate surface area is 105 Å². The number of carbonyl (C=O) groups is 1. The Kier molecular flexibility index (Phi) is 2.60. The Balaban J connectivity index is 1.82. The van der Waals surface area contributed by atoms with Crippen LogP contribution in [0.1, 0.15) is 11.6 Å². The highest BCUT2D eigenvalue weighted by atomic mass is 16.2. The molecule has 1 aliphatic heterocycles. The third-order valence-corrected chi connectivity index (χ3v) is 3.21. The van der Waals surface area contributed by atoms with E-state index in [1.807, 2.05) is 36.5 Å². The number of carbonyl (C=O) groups excluding carboxylic acids is 1. The monoisotopic (exact) mass is 242 g/mol. The number of rotatable bonds is 3. The number of nitrogens with two attached hydrogens (primary N) is 1. The topological polar surface area (TPSA) is 64.2 Å². The molecule has 2 aromatic rings. The fourth-order valence-electron chi connectivity index (χ4n) is 2.28. The number of nitrogens with zero attached hydrogens (tertiary/aromatic N) is 3. The molecule has 0 radical (unpaired) electrons. The van der Waals surface area contributed by atoms with E-state index in [0.717, 1.165) is 11.3 Å². The lowest BCUT2D eigenvalue weighted by Crippen LogP contribution is -2.34. The van der Waals surface area contributed by atoms with Crippen LogP contribution in [-0.4, -0.2) is 22.2 Å². The van der Waals surface area contributed by atoms with Gasteiger partial charge in [-0.05, 0) is 12.1 Å². The van der Waals surface area contributed by atoms with Crippen molar-refractivity contribution in [1.82, 2.24) is 9.78 Å². The Morgan fingerprint density at radius 3 is 2.83 bits per heavy atom. The van der Waals surface area contributed by atoms with Crippen LogP contribution in [0.4, 0.5) is 5.69 Å². The molecule has 0 aliphatic carbocycles. The van der Waals surface area contributed by atoms with Gasteiger partial charge in [0.15, 0.2) is 0 Å². The maximum atomic E-state index is 12.1. The number of amides is 1. The Bertz CT molecular complexity index is 564. The minimum atomic E-state index is -0.529. The van der Waals surface area contributed by atoms with Crippen LogP contribution in [0.15, 0.2) is 42.7 Å². The molecule has 1 aliphatic rings. The van der Waals surface area contributed by atoms with E-state index in [4.69, 9.17) is 5.73 Å². The molecule has 3 rings (SSSR count). The standard InChI is InChI=1S/C13H14N4O/c14-12-10-4-1-2-5-11(10)17(13(12)18)9-8-16-7-3-6-15-16/h1-7,12H,8-9,14H2. The second kappa shape index (κ2) is 4.27. The van der Waals surface area contributed by atoms with Crippen LogP contribution in [0.5, 0.6) is 0 Å². The summed E-state index contributed by atoms with van der Waals surface area (Å²) >= 11 is 0. The highest BCUT2D eigenvalue weighted by Crippen LogP contribution is 2.33. The summed E-state index contributed by atoms with van der Waals surface area (Å²) in [5.41, 5.74) is 7.74. The molecule has 0 fully saturated rings. The summed E-state index contributed by atoms with van der Waals surface area (Å²) in [5.74, 6) is -0.0386. The second-order valence-corrected chi connectivity index (χ2v) is 4.30. The van der Waals surface area contributed by atoms with Crippen molar-refractivity contribution in [3.8, 4) is 0 Å². The van der Waals surface area contributed by atoms with Gasteiger partial charge >= 0.3 is 0 Å². The van der Waals surface area contributed by atoms with Crippen molar-refractivity contribution < 1.29 is 4.79 Å². The average Bonchev–Trinajstić information content (AvgIpc) is 2.98. The van der Waals surface area contributed by atoms with Crippen LogP contribution in [0.2, 0.25) is 0 Å².